The van der Waals surface area contributed by atoms with Gasteiger partial charge in [0.2, 0.25) is 0 Å². The molecule has 0 spiro atoms. The van der Waals surface area contributed by atoms with Crippen LogP contribution in [0.3, 0.4) is 0 Å². The molecule has 2 atom stereocenters. The largest absolute Gasteiger partial charge is 0.478 e. The Morgan fingerprint density at radius 3 is 2.41 bits per heavy atom. The third-order valence-electron chi connectivity index (χ3n) is 7.80. The lowest BCUT2D eigenvalue weighted by Gasteiger charge is -2.37. The van der Waals surface area contributed by atoms with Gasteiger partial charge in [0.15, 0.2) is 0 Å². The maximum atomic E-state index is 14.5. The Morgan fingerprint density at radius 1 is 1.07 bits per heavy atom. The number of anilines is 2. The van der Waals surface area contributed by atoms with Gasteiger partial charge in [-0.1, -0.05) is 29.8 Å². The molecule has 0 radical (unpaired) electrons. The Balaban J connectivity index is 1.35. The summed E-state index contributed by atoms with van der Waals surface area (Å²) in [5.74, 6) is -1.20. The van der Waals surface area contributed by atoms with Crippen LogP contribution in [0.15, 0.2) is 48.7 Å². The monoisotopic (exact) mass is 593 g/mol. The Kier molecular flexibility index (Phi) is 8.47. The minimum atomic E-state index is -4.19. The van der Waals surface area contributed by atoms with Crippen LogP contribution in [0.4, 0.5) is 28.9 Å². The van der Waals surface area contributed by atoms with Crippen molar-refractivity contribution >= 4 is 28.9 Å². The van der Waals surface area contributed by atoms with Crippen molar-refractivity contribution in [3.8, 4) is 11.1 Å². The minimum Gasteiger partial charge on any atom is -0.478 e. The number of rotatable bonds is 7. The van der Waals surface area contributed by atoms with Crippen LogP contribution in [0, 0.1) is 0 Å². The Hall–Kier alpha value is -3.31. The average molecular weight is 594 g/mol. The molecule has 220 valence electrons. The van der Waals surface area contributed by atoms with Gasteiger partial charge < -0.3 is 14.9 Å². The molecule has 7 nitrogen and oxygen atoms in total. The molecule has 0 saturated carbocycles. The summed E-state index contributed by atoms with van der Waals surface area (Å²) in [5, 5.41) is 14.4. The molecule has 3 aromatic rings. The SMILES string of the molecule is CC(F)c1c(C(=O)O)cnn1C1CCCN(c2cc(Cl)ccc2-c2ccc(N3CCN(CC(F)(F)F)CC3)cc2)C1. The van der Waals surface area contributed by atoms with Crippen molar-refractivity contribution in [3.63, 3.8) is 0 Å². The first-order chi connectivity index (χ1) is 19.5. The summed E-state index contributed by atoms with van der Waals surface area (Å²) in [6, 6.07) is 13.4. The van der Waals surface area contributed by atoms with E-state index in [1.807, 2.05) is 42.5 Å². The van der Waals surface area contributed by atoms with Gasteiger partial charge in [-0.3, -0.25) is 9.58 Å². The predicted molar refractivity (Wildman–Crippen MR) is 151 cm³/mol. The number of carboxylic acid groups (broad SMARTS) is 1. The van der Waals surface area contributed by atoms with Gasteiger partial charge in [-0.2, -0.15) is 18.3 Å². The normalized spacial score (nSPS) is 19.4. The molecular formula is C29H32ClF4N5O2. The van der Waals surface area contributed by atoms with E-state index >= 15 is 0 Å². The smallest absolute Gasteiger partial charge is 0.401 e. The zero-order valence-corrected chi connectivity index (χ0v) is 23.4. The fourth-order valence-electron chi connectivity index (χ4n) is 5.88. The van der Waals surface area contributed by atoms with E-state index in [4.69, 9.17) is 11.6 Å². The second-order valence-corrected chi connectivity index (χ2v) is 11.1. The topological polar surface area (TPSA) is 64.8 Å². The third-order valence-corrected chi connectivity index (χ3v) is 8.04. The molecule has 12 heteroatoms. The predicted octanol–water partition coefficient (Wildman–Crippen LogP) is 6.46. The van der Waals surface area contributed by atoms with Gasteiger partial charge >= 0.3 is 12.1 Å². The van der Waals surface area contributed by atoms with E-state index in [0.29, 0.717) is 37.7 Å². The zero-order chi connectivity index (χ0) is 29.3. The summed E-state index contributed by atoms with van der Waals surface area (Å²) in [6.45, 7) is 3.44. The molecule has 2 aromatic carbocycles. The van der Waals surface area contributed by atoms with Gasteiger partial charge in [-0.25, -0.2) is 9.18 Å². The van der Waals surface area contributed by atoms with E-state index in [0.717, 1.165) is 41.9 Å². The maximum Gasteiger partial charge on any atom is 0.401 e. The maximum absolute atomic E-state index is 14.5. The van der Waals surface area contributed by atoms with Crippen molar-refractivity contribution in [1.29, 1.82) is 0 Å². The quantitative estimate of drug-likeness (QED) is 0.317. The number of piperidine rings is 1. The van der Waals surface area contributed by atoms with E-state index in [2.05, 4.69) is 14.9 Å². The number of alkyl halides is 4. The summed E-state index contributed by atoms with van der Waals surface area (Å²) in [7, 11) is 0. The number of carboxylic acids is 1. The first-order valence-corrected chi connectivity index (χ1v) is 14.0. The van der Waals surface area contributed by atoms with E-state index in [1.54, 1.807) is 0 Å². The lowest BCUT2D eigenvalue weighted by molar-refractivity contribution is -0.146. The first kappa shape index (κ1) is 29.2. The van der Waals surface area contributed by atoms with Crippen LogP contribution in [-0.4, -0.2) is 77.7 Å². The lowest BCUT2D eigenvalue weighted by atomic mass is 9.99. The number of aromatic nitrogens is 2. The van der Waals surface area contributed by atoms with Crippen molar-refractivity contribution in [1.82, 2.24) is 14.7 Å². The fourth-order valence-corrected chi connectivity index (χ4v) is 6.04. The molecule has 3 heterocycles. The molecule has 1 aromatic heterocycles. The van der Waals surface area contributed by atoms with Crippen LogP contribution in [-0.2, 0) is 0 Å². The second-order valence-electron chi connectivity index (χ2n) is 10.6. The molecule has 2 fully saturated rings. The number of carbonyl (C=O) groups is 1. The van der Waals surface area contributed by atoms with Crippen LogP contribution >= 0.6 is 11.6 Å². The molecule has 2 aliphatic heterocycles. The number of piperazine rings is 1. The van der Waals surface area contributed by atoms with E-state index in [-0.39, 0.29) is 17.3 Å². The molecule has 2 unspecified atom stereocenters. The molecular weight excluding hydrogens is 562 g/mol. The van der Waals surface area contributed by atoms with Gasteiger partial charge in [0.1, 0.15) is 11.7 Å². The van der Waals surface area contributed by atoms with Crippen LogP contribution in [0.2, 0.25) is 5.02 Å². The third kappa shape index (κ3) is 6.62. The van der Waals surface area contributed by atoms with Gasteiger partial charge in [0, 0.05) is 61.2 Å². The summed E-state index contributed by atoms with van der Waals surface area (Å²) >= 11 is 6.42. The fraction of sp³-hybridized carbons (Fsp3) is 0.448. The number of hydrogen-bond donors (Lipinski definition) is 1. The van der Waals surface area contributed by atoms with Crippen molar-refractivity contribution in [3.05, 3.63) is 64.9 Å². The Morgan fingerprint density at radius 2 is 1.78 bits per heavy atom. The van der Waals surface area contributed by atoms with Gasteiger partial charge in [-0.05, 0) is 49.6 Å². The van der Waals surface area contributed by atoms with E-state index in [1.165, 1.54) is 22.7 Å². The van der Waals surface area contributed by atoms with Crippen molar-refractivity contribution in [2.75, 3.05) is 55.6 Å². The molecule has 2 saturated heterocycles. The van der Waals surface area contributed by atoms with E-state index in [9.17, 15) is 27.5 Å². The average Bonchev–Trinajstić information content (AvgIpc) is 3.39. The van der Waals surface area contributed by atoms with Crippen LogP contribution in [0.25, 0.3) is 11.1 Å². The summed E-state index contributed by atoms with van der Waals surface area (Å²) < 4.78 is 54.2. The highest BCUT2D eigenvalue weighted by Gasteiger charge is 2.32. The number of hydrogen-bond acceptors (Lipinski definition) is 5. The van der Waals surface area contributed by atoms with Gasteiger partial charge in [-0.15, -0.1) is 0 Å². The number of halogens is 5. The van der Waals surface area contributed by atoms with Crippen LogP contribution in [0.1, 0.15) is 48.0 Å². The standard InChI is InChI=1S/C29H32ClF4N5O2/c1-19(31)27-25(28(40)41)16-35-39(27)23-3-2-10-38(17-23)26-15-21(30)6-9-24(26)20-4-7-22(8-5-20)37-13-11-36(12-14-37)18-29(32,33)34/h4-9,15-16,19,23H,2-3,10-14,17-18H2,1H3,(H,40,41). The van der Waals surface area contributed by atoms with Crippen molar-refractivity contribution in [2.45, 2.75) is 38.2 Å². The molecule has 5 rings (SSSR count). The number of aromatic carboxylic acids is 1. The Labute approximate surface area is 240 Å². The summed E-state index contributed by atoms with van der Waals surface area (Å²) in [4.78, 5) is 17.3. The van der Waals surface area contributed by atoms with Crippen molar-refractivity contribution in [2.24, 2.45) is 0 Å². The Bertz CT molecular complexity index is 1370. The highest BCUT2D eigenvalue weighted by molar-refractivity contribution is 6.31. The zero-order valence-electron chi connectivity index (χ0n) is 22.6. The second kappa shape index (κ2) is 11.9. The van der Waals surface area contributed by atoms with Gasteiger partial charge in [0.25, 0.3) is 0 Å². The first-order valence-electron chi connectivity index (χ1n) is 13.6. The minimum absolute atomic E-state index is 0.0745. The molecule has 41 heavy (non-hydrogen) atoms. The van der Waals surface area contributed by atoms with Crippen molar-refractivity contribution < 1.29 is 27.5 Å². The summed E-state index contributed by atoms with van der Waals surface area (Å²) in [6.07, 6.45) is -2.92. The lowest BCUT2D eigenvalue weighted by Crippen LogP contribution is -2.49. The van der Waals surface area contributed by atoms with Gasteiger partial charge in [0.05, 0.1) is 24.5 Å². The highest BCUT2D eigenvalue weighted by Crippen LogP contribution is 2.38. The molecule has 0 amide bonds. The molecule has 0 bridgehead atoms. The van der Waals surface area contributed by atoms with Crippen LogP contribution in [0.5, 0.6) is 0 Å². The van der Waals surface area contributed by atoms with E-state index < -0.39 is 24.9 Å². The number of benzene rings is 2. The summed E-state index contributed by atoms with van der Waals surface area (Å²) in [5.41, 5.74) is 3.74. The van der Waals surface area contributed by atoms with Crippen LogP contribution < -0.4 is 9.80 Å². The number of nitrogens with zero attached hydrogens (tertiary/aromatic N) is 5. The molecule has 1 N–H and O–H groups in total. The molecule has 0 aliphatic carbocycles. The highest BCUT2D eigenvalue weighted by atomic mass is 35.5. The molecule has 2 aliphatic rings.